The minimum absolute atomic E-state index is 0.0479. The lowest BCUT2D eigenvalue weighted by Crippen LogP contribution is -2.40. The molecule has 1 atom stereocenters. The molecule has 21 heavy (non-hydrogen) atoms. The number of rotatable bonds is 3. The fourth-order valence-corrected chi connectivity index (χ4v) is 3.38. The van der Waals surface area contributed by atoms with Crippen molar-refractivity contribution < 1.29 is 17.9 Å². The first kappa shape index (κ1) is 16.5. The Morgan fingerprint density at radius 2 is 2.10 bits per heavy atom. The van der Waals surface area contributed by atoms with Gasteiger partial charge in [0.05, 0.1) is 22.7 Å². The number of nitrogens with one attached hydrogen (secondary N) is 1. The van der Waals surface area contributed by atoms with Crippen LogP contribution in [0, 0.1) is 0 Å². The molecule has 1 unspecified atom stereocenters. The molecule has 0 aliphatic carbocycles. The Morgan fingerprint density at radius 1 is 1.38 bits per heavy atom. The summed E-state index contributed by atoms with van der Waals surface area (Å²) in [7, 11) is -4.07. The van der Waals surface area contributed by atoms with E-state index in [1.165, 1.54) is 6.07 Å². The Hall–Kier alpha value is -0.860. The molecule has 116 valence electrons. The second-order valence-electron chi connectivity index (χ2n) is 4.70. The maximum atomic E-state index is 12.2. The van der Waals surface area contributed by atoms with E-state index < -0.39 is 15.9 Å². The molecule has 1 aliphatic heterocycles. The summed E-state index contributed by atoms with van der Waals surface area (Å²) < 4.78 is 28.2. The van der Waals surface area contributed by atoms with Gasteiger partial charge in [0.1, 0.15) is 4.90 Å². The van der Waals surface area contributed by atoms with Crippen LogP contribution in [0.25, 0.3) is 0 Å². The van der Waals surface area contributed by atoms with Gasteiger partial charge in [-0.3, -0.25) is 4.79 Å². The Kier molecular flexibility index (Phi) is 5.11. The highest BCUT2D eigenvalue weighted by Gasteiger charge is 2.22. The summed E-state index contributed by atoms with van der Waals surface area (Å²) in [5, 5.41) is 7.57. The summed E-state index contributed by atoms with van der Waals surface area (Å²) in [4.78, 5) is 11.8. The molecule has 1 aromatic carbocycles. The number of ether oxygens (including phenoxy) is 1. The van der Waals surface area contributed by atoms with Crippen LogP contribution in [0.2, 0.25) is 10.0 Å². The summed E-state index contributed by atoms with van der Waals surface area (Å²) in [5.74, 6) is -0.450. The van der Waals surface area contributed by atoms with Crippen molar-refractivity contribution in [3.63, 3.8) is 0 Å². The van der Waals surface area contributed by atoms with Crippen LogP contribution in [0.4, 0.5) is 0 Å². The van der Waals surface area contributed by atoms with Gasteiger partial charge < -0.3 is 10.1 Å². The average Bonchev–Trinajstić information content (AvgIpc) is 2.41. The Morgan fingerprint density at radius 3 is 2.67 bits per heavy atom. The van der Waals surface area contributed by atoms with E-state index in [1.54, 1.807) is 0 Å². The van der Waals surface area contributed by atoms with Gasteiger partial charge in [0.15, 0.2) is 0 Å². The molecule has 1 saturated heterocycles. The number of primary sulfonamides is 1. The molecule has 1 fully saturated rings. The van der Waals surface area contributed by atoms with E-state index in [9.17, 15) is 13.2 Å². The fourth-order valence-electron chi connectivity index (χ4n) is 2.03. The van der Waals surface area contributed by atoms with Crippen molar-refractivity contribution in [2.75, 3.05) is 13.2 Å². The number of carbonyl (C=O) groups is 1. The molecule has 2 rings (SSSR count). The van der Waals surface area contributed by atoms with Crippen molar-refractivity contribution in [3.05, 3.63) is 27.7 Å². The quantitative estimate of drug-likeness (QED) is 0.861. The van der Waals surface area contributed by atoms with Gasteiger partial charge in [-0.15, -0.1) is 0 Å². The molecule has 6 nitrogen and oxygen atoms in total. The van der Waals surface area contributed by atoms with Crippen LogP contribution in [0.3, 0.4) is 0 Å². The summed E-state index contributed by atoms with van der Waals surface area (Å²) in [5.41, 5.74) is 0.0824. The van der Waals surface area contributed by atoms with Gasteiger partial charge in [-0.2, -0.15) is 0 Å². The first-order valence-corrected chi connectivity index (χ1v) is 8.49. The highest BCUT2D eigenvalue weighted by molar-refractivity contribution is 7.89. The molecular weight excluding hydrogens is 339 g/mol. The van der Waals surface area contributed by atoms with Crippen molar-refractivity contribution in [2.45, 2.75) is 23.8 Å². The number of sulfonamides is 1. The number of nitrogens with two attached hydrogens (primary N) is 1. The van der Waals surface area contributed by atoms with Crippen LogP contribution in [0.5, 0.6) is 0 Å². The predicted octanol–water partition coefficient (Wildman–Crippen LogP) is 1.55. The third-order valence-electron chi connectivity index (χ3n) is 3.06. The van der Waals surface area contributed by atoms with Crippen LogP contribution >= 0.6 is 23.2 Å². The average molecular weight is 353 g/mol. The smallest absolute Gasteiger partial charge is 0.251 e. The van der Waals surface area contributed by atoms with Crippen molar-refractivity contribution >= 4 is 39.1 Å². The normalized spacial score (nSPS) is 19.3. The van der Waals surface area contributed by atoms with Gasteiger partial charge in [0, 0.05) is 12.2 Å². The van der Waals surface area contributed by atoms with Crippen molar-refractivity contribution in [1.82, 2.24) is 5.32 Å². The second kappa shape index (κ2) is 6.50. The van der Waals surface area contributed by atoms with Crippen LogP contribution in [0.1, 0.15) is 23.2 Å². The molecular formula is C12H14Cl2N2O4S. The third-order valence-corrected chi connectivity index (χ3v) is 4.91. The van der Waals surface area contributed by atoms with E-state index in [-0.39, 0.29) is 26.5 Å². The Balaban J connectivity index is 2.27. The molecule has 3 N–H and O–H groups in total. The number of benzene rings is 1. The zero-order valence-electron chi connectivity index (χ0n) is 10.9. The summed E-state index contributed by atoms with van der Waals surface area (Å²) >= 11 is 11.7. The van der Waals surface area contributed by atoms with E-state index in [0.29, 0.717) is 13.2 Å². The fraction of sp³-hybridized carbons (Fsp3) is 0.417. The maximum absolute atomic E-state index is 12.2. The molecule has 0 radical (unpaired) electrons. The van der Waals surface area contributed by atoms with Gasteiger partial charge in [0.25, 0.3) is 5.91 Å². The van der Waals surface area contributed by atoms with E-state index in [4.69, 9.17) is 33.1 Å². The largest absolute Gasteiger partial charge is 0.379 e. The van der Waals surface area contributed by atoms with E-state index in [0.717, 1.165) is 18.9 Å². The van der Waals surface area contributed by atoms with E-state index >= 15 is 0 Å². The van der Waals surface area contributed by atoms with Gasteiger partial charge >= 0.3 is 0 Å². The van der Waals surface area contributed by atoms with Crippen molar-refractivity contribution in [3.8, 4) is 0 Å². The Bertz CT molecular complexity index is 657. The first-order valence-electron chi connectivity index (χ1n) is 6.19. The van der Waals surface area contributed by atoms with Crippen LogP contribution in [0.15, 0.2) is 17.0 Å². The molecule has 0 saturated carbocycles. The predicted molar refractivity (Wildman–Crippen MR) is 79.1 cm³/mol. The van der Waals surface area contributed by atoms with Crippen LogP contribution in [-0.2, 0) is 14.8 Å². The van der Waals surface area contributed by atoms with Gasteiger partial charge in [-0.25, -0.2) is 13.6 Å². The zero-order valence-corrected chi connectivity index (χ0v) is 13.3. The molecule has 1 aliphatic rings. The second-order valence-corrected chi connectivity index (χ2v) is 7.02. The molecule has 0 bridgehead atoms. The topological polar surface area (TPSA) is 98.5 Å². The van der Waals surface area contributed by atoms with Crippen molar-refractivity contribution in [1.29, 1.82) is 0 Å². The van der Waals surface area contributed by atoms with Gasteiger partial charge in [-0.1, -0.05) is 23.2 Å². The van der Waals surface area contributed by atoms with Gasteiger partial charge in [-0.05, 0) is 25.0 Å². The number of carbonyl (C=O) groups excluding carboxylic acids is 1. The highest BCUT2D eigenvalue weighted by atomic mass is 35.5. The highest BCUT2D eigenvalue weighted by Crippen LogP contribution is 2.30. The summed E-state index contributed by atoms with van der Waals surface area (Å²) in [6, 6.07) is 2.30. The van der Waals surface area contributed by atoms with E-state index in [1.807, 2.05) is 0 Å². The van der Waals surface area contributed by atoms with Crippen LogP contribution in [-0.4, -0.2) is 33.6 Å². The molecule has 1 heterocycles. The van der Waals surface area contributed by atoms with Gasteiger partial charge in [0.2, 0.25) is 10.0 Å². The lowest BCUT2D eigenvalue weighted by Gasteiger charge is -2.23. The minimum Gasteiger partial charge on any atom is -0.379 e. The number of hydrogen-bond acceptors (Lipinski definition) is 4. The zero-order chi connectivity index (χ0) is 15.6. The van der Waals surface area contributed by atoms with E-state index in [2.05, 4.69) is 5.32 Å². The molecule has 1 amide bonds. The molecule has 1 aromatic rings. The molecule has 0 aromatic heterocycles. The SMILES string of the molecule is NS(=O)(=O)c1cc(C(=O)NC2CCCOC2)cc(Cl)c1Cl. The number of amides is 1. The Labute approximate surface area is 132 Å². The summed E-state index contributed by atoms with van der Waals surface area (Å²) in [6.45, 7) is 1.10. The minimum atomic E-state index is -4.07. The number of halogens is 2. The monoisotopic (exact) mass is 352 g/mol. The standard InChI is InChI=1S/C12H14Cl2N2O4S/c13-9-4-7(5-10(11(9)14)21(15,18)19)12(17)16-8-2-1-3-20-6-8/h4-5,8H,1-3,6H2,(H,16,17)(H2,15,18,19). The summed E-state index contributed by atoms with van der Waals surface area (Å²) in [6.07, 6.45) is 1.66. The maximum Gasteiger partial charge on any atom is 0.251 e. The van der Waals surface area contributed by atoms with Crippen LogP contribution < -0.4 is 10.5 Å². The molecule has 9 heteroatoms. The third kappa shape index (κ3) is 4.08. The lowest BCUT2D eigenvalue weighted by molar-refractivity contribution is 0.0624. The first-order chi connectivity index (χ1) is 9.79. The lowest BCUT2D eigenvalue weighted by atomic mass is 10.1. The molecule has 0 spiro atoms. The number of hydrogen-bond donors (Lipinski definition) is 2. The van der Waals surface area contributed by atoms with Crippen molar-refractivity contribution in [2.24, 2.45) is 5.14 Å².